The topological polar surface area (TPSA) is 41.4 Å². The number of halogens is 1. The van der Waals surface area contributed by atoms with E-state index in [-0.39, 0.29) is 5.91 Å². The summed E-state index contributed by atoms with van der Waals surface area (Å²) in [5.74, 6) is 0.260. The van der Waals surface area contributed by atoms with Crippen molar-refractivity contribution in [1.82, 2.24) is 19.6 Å². The number of piperazine rings is 1. The molecule has 124 valence electrons. The zero-order valence-electron chi connectivity index (χ0n) is 13.0. The maximum absolute atomic E-state index is 12.3. The van der Waals surface area contributed by atoms with Crippen molar-refractivity contribution in [1.29, 1.82) is 0 Å². The Morgan fingerprint density at radius 3 is 2.74 bits per heavy atom. The zero-order chi connectivity index (χ0) is 16.1. The molecule has 0 bridgehead atoms. The van der Waals surface area contributed by atoms with Gasteiger partial charge in [0.1, 0.15) is 0 Å². The third-order valence-corrected chi connectivity index (χ3v) is 5.29. The van der Waals surface area contributed by atoms with Crippen molar-refractivity contribution in [3.8, 4) is 0 Å². The highest BCUT2D eigenvalue weighted by Gasteiger charge is 2.21. The summed E-state index contributed by atoms with van der Waals surface area (Å²) in [5.41, 5.74) is 0. The van der Waals surface area contributed by atoms with Crippen LogP contribution in [0.15, 0.2) is 30.6 Å². The number of carbonyl (C=O) groups is 1. The quantitative estimate of drug-likeness (QED) is 0.802. The number of hydrogen-bond donors (Lipinski definition) is 0. The van der Waals surface area contributed by atoms with Crippen LogP contribution in [0.4, 0.5) is 0 Å². The number of aryl methyl sites for hydroxylation is 1. The fourth-order valence-electron chi connectivity index (χ4n) is 2.80. The van der Waals surface area contributed by atoms with Crippen LogP contribution in [0.1, 0.15) is 17.7 Å². The third-order valence-electron chi connectivity index (χ3n) is 4.07. The van der Waals surface area contributed by atoms with Crippen LogP contribution in [0, 0.1) is 0 Å². The lowest BCUT2D eigenvalue weighted by molar-refractivity contribution is -0.133. The molecule has 2 aromatic heterocycles. The summed E-state index contributed by atoms with van der Waals surface area (Å²) in [7, 11) is 0. The number of thiophene rings is 1. The summed E-state index contributed by atoms with van der Waals surface area (Å²) in [6.45, 7) is 5.23. The summed E-state index contributed by atoms with van der Waals surface area (Å²) < 4.78 is 2.71. The van der Waals surface area contributed by atoms with Gasteiger partial charge < -0.3 is 4.90 Å². The van der Waals surface area contributed by atoms with Gasteiger partial charge in [-0.15, -0.1) is 11.3 Å². The molecule has 0 saturated carbocycles. The Hall–Kier alpha value is -1.37. The van der Waals surface area contributed by atoms with Crippen molar-refractivity contribution >= 4 is 28.8 Å². The zero-order valence-corrected chi connectivity index (χ0v) is 14.6. The van der Waals surface area contributed by atoms with Crippen LogP contribution >= 0.6 is 22.9 Å². The maximum atomic E-state index is 12.3. The molecular formula is C16H21ClN4OS. The van der Waals surface area contributed by atoms with Crippen LogP contribution in [-0.2, 0) is 17.9 Å². The van der Waals surface area contributed by atoms with Crippen molar-refractivity contribution in [3.05, 3.63) is 39.8 Å². The van der Waals surface area contributed by atoms with Gasteiger partial charge in [0.15, 0.2) is 0 Å². The first-order valence-corrected chi connectivity index (χ1v) is 9.12. The maximum Gasteiger partial charge on any atom is 0.222 e. The standard InChI is InChI=1S/C16H21ClN4OS/c17-15-5-4-14(23-15)13-19-9-11-20(12-10-19)16(22)3-1-7-21-8-2-6-18-21/h2,4-6,8H,1,3,7,9-13H2. The first-order chi connectivity index (χ1) is 11.2. The Morgan fingerprint density at radius 2 is 2.09 bits per heavy atom. The lowest BCUT2D eigenvalue weighted by atomic mass is 10.2. The van der Waals surface area contributed by atoms with Gasteiger partial charge in [-0.05, 0) is 24.6 Å². The molecule has 0 aliphatic carbocycles. The molecule has 0 radical (unpaired) electrons. The van der Waals surface area contributed by atoms with Gasteiger partial charge in [-0.1, -0.05) is 11.6 Å². The molecule has 1 aliphatic heterocycles. The van der Waals surface area contributed by atoms with Gasteiger partial charge >= 0.3 is 0 Å². The van der Waals surface area contributed by atoms with Crippen LogP contribution < -0.4 is 0 Å². The molecule has 1 fully saturated rings. The van der Waals surface area contributed by atoms with Crippen molar-refractivity contribution < 1.29 is 4.79 Å². The van der Waals surface area contributed by atoms with Crippen LogP contribution in [0.5, 0.6) is 0 Å². The number of amides is 1. The van der Waals surface area contributed by atoms with E-state index in [0.717, 1.165) is 50.0 Å². The Morgan fingerprint density at radius 1 is 1.26 bits per heavy atom. The first kappa shape index (κ1) is 16.5. The molecule has 0 atom stereocenters. The minimum atomic E-state index is 0.260. The van der Waals surface area contributed by atoms with Crippen LogP contribution in [0.25, 0.3) is 0 Å². The average molecular weight is 353 g/mol. The van der Waals surface area contributed by atoms with Crippen LogP contribution in [-0.4, -0.2) is 51.7 Å². The van der Waals surface area contributed by atoms with Crippen molar-refractivity contribution in [2.24, 2.45) is 0 Å². The monoisotopic (exact) mass is 352 g/mol. The largest absolute Gasteiger partial charge is 0.340 e. The number of aromatic nitrogens is 2. The molecule has 0 unspecified atom stereocenters. The smallest absolute Gasteiger partial charge is 0.222 e. The molecule has 1 amide bonds. The second-order valence-corrected chi connectivity index (χ2v) is 7.54. The van der Waals surface area contributed by atoms with Gasteiger partial charge in [0.25, 0.3) is 0 Å². The Balaban J connectivity index is 1.37. The van der Waals surface area contributed by atoms with E-state index in [2.05, 4.69) is 16.1 Å². The van der Waals surface area contributed by atoms with Gasteiger partial charge in [-0.3, -0.25) is 14.4 Å². The van der Waals surface area contributed by atoms with Gasteiger partial charge in [0.2, 0.25) is 5.91 Å². The van der Waals surface area contributed by atoms with Gasteiger partial charge in [0.05, 0.1) is 4.34 Å². The minimum absolute atomic E-state index is 0.260. The number of nitrogens with zero attached hydrogens (tertiary/aromatic N) is 4. The van der Waals surface area contributed by atoms with E-state index in [4.69, 9.17) is 11.6 Å². The van der Waals surface area contributed by atoms with Crippen LogP contribution in [0.2, 0.25) is 4.34 Å². The molecule has 1 aliphatic rings. The predicted molar refractivity (Wildman–Crippen MR) is 92.6 cm³/mol. The van der Waals surface area contributed by atoms with Crippen molar-refractivity contribution in [2.45, 2.75) is 25.9 Å². The van der Waals surface area contributed by atoms with E-state index >= 15 is 0 Å². The fraction of sp³-hybridized carbons (Fsp3) is 0.500. The number of carbonyl (C=O) groups excluding carboxylic acids is 1. The normalized spacial score (nSPS) is 16.0. The molecule has 7 heteroatoms. The second kappa shape index (κ2) is 7.95. The van der Waals surface area contributed by atoms with Gasteiger partial charge in [-0.25, -0.2) is 0 Å². The van der Waals surface area contributed by atoms with Gasteiger partial charge in [-0.2, -0.15) is 5.10 Å². The van der Waals surface area contributed by atoms with E-state index in [0.29, 0.717) is 6.42 Å². The molecule has 0 N–H and O–H groups in total. The summed E-state index contributed by atoms with van der Waals surface area (Å²) in [6.07, 6.45) is 5.14. The number of rotatable bonds is 6. The molecular weight excluding hydrogens is 332 g/mol. The van der Waals surface area contributed by atoms with E-state index in [1.807, 2.05) is 27.9 Å². The summed E-state index contributed by atoms with van der Waals surface area (Å²) in [5, 5.41) is 4.15. The highest BCUT2D eigenvalue weighted by molar-refractivity contribution is 7.16. The van der Waals surface area contributed by atoms with E-state index in [1.54, 1.807) is 17.5 Å². The van der Waals surface area contributed by atoms with Gasteiger partial charge in [0, 0.05) is 63.0 Å². The van der Waals surface area contributed by atoms with Crippen molar-refractivity contribution in [3.63, 3.8) is 0 Å². The fourth-order valence-corrected chi connectivity index (χ4v) is 3.93. The number of hydrogen-bond acceptors (Lipinski definition) is 4. The Kier molecular flexibility index (Phi) is 5.70. The lowest BCUT2D eigenvalue weighted by Gasteiger charge is -2.34. The highest BCUT2D eigenvalue weighted by Crippen LogP contribution is 2.23. The summed E-state index contributed by atoms with van der Waals surface area (Å²) >= 11 is 7.60. The molecule has 0 aromatic carbocycles. The summed E-state index contributed by atoms with van der Waals surface area (Å²) in [4.78, 5) is 17.9. The second-order valence-electron chi connectivity index (χ2n) is 5.74. The molecule has 1 saturated heterocycles. The lowest BCUT2D eigenvalue weighted by Crippen LogP contribution is -2.48. The Labute approximate surface area is 145 Å². The predicted octanol–water partition coefficient (Wildman–Crippen LogP) is 2.72. The van der Waals surface area contributed by atoms with E-state index < -0.39 is 0 Å². The summed E-state index contributed by atoms with van der Waals surface area (Å²) in [6, 6.07) is 5.93. The van der Waals surface area contributed by atoms with E-state index in [1.165, 1.54) is 4.88 Å². The third kappa shape index (κ3) is 4.80. The van der Waals surface area contributed by atoms with Crippen molar-refractivity contribution in [2.75, 3.05) is 26.2 Å². The molecule has 5 nitrogen and oxygen atoms in total. The molecule has 3 heterocycles. The highest BCUT2D eigenvalue weighted by atomic mass is 35.5. The minimum Gasteiger partial charge on any atom is -0.340 e. The molecule has 2 aromatic rings. The average Bonchev–Trinajstić information content (AvgIpc) is 3.20. The molecule has 23 heavy (non-hydrogen) atoms. The molecule has 3 rings (SSSR count). The molecule has 0 spiro atoms. The van der Waals surface area contributed by atoms with Crippen LogP contribution in [0.3, 0.4) is 0 Å². The first-order valence-electron chi connectivity index (χ1n) is 7.92. The Bertz CT molecular complexity index is 620. The van der Waals surface area contributed by atoms with E-state index in [9.17, 15) is 4.79 Å². The SMILES string of the molecule is O=C(CCCn1cccn1)N1CCN(Cc2ccc(Cl)s2)CC1.